The fourth-order valence-electron chi connectivity index (χ4n) is 2.52. The molecule has 0 atom stereocenters. The number of guanidine groups is 1. The predicted molar refractivity (Wildman–Crippen MR) is 116 cm³/mol. The Morgan fingerprint density at radius 1 is 1.06 bits per heavy atom. The van der Waals surface area contributed by atoms with Crippen LogP contribution in [0.2, 0.25) is 0 Å². The summed E-state index contributed by atoms with van der Waals surface area (Å²) in [6.07, 6.45) is 7.56. The number of nitrogens with zero attached hydrogens (tertiary/aromatic N) is 6. The first kappa shape index (κ1) is 21.7. The van der Waals surface area contributed by atoms with E-state index in [1.54, 1.807) is 61.8 Å². The molecule has 2 aromatic heterocycles. The Balaban J connectivity index is 1.69. The molecule has 10 nitrogen and oxygen atoms in total. The van der Waals surface area contributed by atoms with Crippen LogP contribution < -0.4 is 15.5 Å². The summed E-state index contributed by atoms with van der Waals surface area (Å²) in [4.78, 5) is 17.6. The fourth-order valence-corrected chi connectivity index (χ4v) is 3.67. The number of aromatic nitrogens is 3. The summed E-state index contributed by atoms with van der Waals surface area (Å²) in [5.41, 5.74) is 1.53. The molecule has 0 saturated carbocycles. The number of hydrogen-bond donors (Lipinski definition) is 2. The number of pyridine rings is 1. The third kappa shape index (κ3) is 5.52. The number of rotatable bonds is 6. The van der Waals surface area contributed by atoms with Gasteiger partial charge in [0.15, 0.2) is 0 Å². The van der Waals surface area contributed by atoms with Gasteiger partial charge in [-0.1, -0.05) is 12.1 Å². The number of anilines is 2. The molecule has 2 N–H and O–H groups in total. The lowest BCUT2D eigenvalue weighted by molar-refractivity contribution is 0.595. The van der Waals surface area contributed by atoms with E-state index in [0.29, 0.717) is 12.5 Å². The van der Waals surface area contributed by atoms with Gasteiger partial charge in [-0.2, -0.15) is 5.26 Å². The minimum absolute atomic E-state index is 0.0222. The molecule has 0 saturated heterocycles. The summed E-state index contributed by atoms with van der Waals surface area (Å²) in [5.74, 6) is 0.694. The Morgan fingerprint density at radius 3 is 2.29 bits per heavy atom. The van der Waals surface area contributed by atoms with Crippen molar-refractivity contribution in [2.45, 2.75) is 16.3 Å². The molecule has 0 aliphatic rings. The van der Waals surface area contributed by atoms with Gasteiger partial charge in [0, 0.05) is 38.7 Å². The maximum absolute atomic E-state index is 12.8. The molecule has 1 aromatic carbocycles. The molecule has 0 spiro atoms. The van der Waals surface area contributed by atoms with Crippen LogP contribution in [0.4, 0.5) is 11.6 Å². The van der Waals surface area contributed by atoms with Crippen molar-refractivity contribution in [2.75, 3.05) is 24.3 Å². The van der Waals surface area contributed by atoms with Gasteiger partial charge in [0.05, 0.1) is 17.3 Å². The van der Waals surface area contributed by atoms with Crippen LogP contribution in [-0.2, 0) is 16.4 Å². The molecule has 0 bridgehead atoms. The lowest BCUT2D eigenvalue weighted by atomic mass is 10.2. The van der Waals surface area contributed by atoms with E-state index < -0.39 is 9.84 Å². The standard InChI is InChI=1S/C20H20N8O2S/c1-28(2)20-24-12-18(13-25-20)31(29,30)17-5-3-15(4-6-17)11-23-19(26-14-21)27-16-7-9-22-10-8-16/h3-10,12-13H,11H2,1-2H3,(H2,22,23,26,27). The second-order valence-electron chi connectivity index (χ2n) is 6.54. The first-order valence-electron chi connectivity index (χ1n) is 9.11. The summed E-state index contributed by atoms with van der Waals surface area (Å²) in [5, 5.41) is 14.9. The Kier molecular flexibility index (Phi) is 6.74. The van der Waals surface area contributed by atoms with Crippen molar-refractivity contribution in [1.82, 2.24) is 20.3 Å². The molecular formula is C20H20N8O2S. The van der Waals surface area contributed by atoms with E-state index in [1.165, 1.54) is 24.5 Å². The van der Waals surface area contributed by atoms with Gasteiger partial charge in [-0.25, -0.2) is 18.4 Å². The van der Waals surface area contributed by atoms with Crippen LogP contribution in [0.1, 0.15) is 5.56 Å². The molecule has 0 amide bonds. The summed E-state index contributed by atoms with van der Waals surface area (Å²) in [6, 6.07) is 9.88. The quantitative estimate of drug-likeness (QED) is 0.337. The predicted octanol–water partition coefficient (Wildman–Crippen LogP) is 1.81. The lowest BCUT2D eigenvalue weighted by Crippen LogP contribution is -2.30. The first-order valence-corrected chi connectivity index (χ1v) is 10.6. The minimum atomic E-state index is -3.73. The van der Waals surface area contributed by atoms with Crippen molar-refractivity contribution in [3.63, 3.8) is 0 Å². The molecule has 0 aliphatic carbocycles. The van der Waals surface area contributed by atoms with Crippen molar-refractivity contribution < 1.29 is 8.42 Å². The highest BCUT2D eigenvalue weighted by molar-refractivity contribution is 7.91. The third-order valence-corrected chi connectivity index (χ3v) is 5.85. The highest BCUT2D eigenvalue weighted by atomic mass is 32.2. The molecule has 2 heterocycles. The van der Waals surface area contributed by atoms with Crippen LogP contribution in [0.25, 0.3) is 0 Å². The van der Waals surface area contributed by atoms with Crippen LogP contribution in [0, 0.1) is 11.5 Å². The number of aliphatic imine (C=N–C) groups is 1. The number of sulfone groups is 1. The molecule has 3 aromatic rings. The van der Waals surface area contributed by atoms with Gasteiger partial charge >= 0.3 is 0 Å². The monoisotopic (exact) mass is 436 g/mol. The smallest absolute Gasteiger partial charge is 0.224 e. The lowest BCUT2D eigenvalue weighted by Gasteiger charge is -2.12. The van der Waals surface area contributed by atoms with Gasteiger partial charge in [0.25, 0.3) is 0 Å². The number of hydrogen-bond acceptors (Lipinski definition) is 8. The van der Waals surface area contributed by atoms with Gasteiger partial charge in [-0.3, -0.25) is 4.98 Å². The summed E-state index contributed by atoms with van der Waals surface area (Å²) >= 11 is 0. The van der Waals surface area contributed by atoms with E-state index in [-0.39, 0.29) is 15.8 Å². The van der Waals surface area contributed by atoms with E-state index in [1.807, 2.05) is 0 Å². The maximum Gasteiger partial charge on any atom is 0.224 e. The van der Waals surface area contributed by atoms with Crippen LogP contribution in [0.5, 0.6) is 0 Å². The molecule has 158 valence electrons. The van der Waals surface area contributed by atoms with Crippen LogP contribution in [0.3, 0.4) is 0 Å². The van der Waals surface area contributed by atoms with E-state index in [9.17, 15) is 8.42 Å². The van der Waals surface area contributed by atoms with Crippen LogP contribution in [0.15, 0.2) is 76.0 Å². The van der Waals surface area contributed by atoms with Crippen molar-refractivity contribution in [3.8, 4) is 6.19 Å². The molecule has 3 rings (SSSR count). The summed E-state index contributed by atoms with van der Waals surface area (Å²) in [7, 11) is -0.181. The topological polar surface area (TPSA) is 136 Å². The van der Waals surface area contributed by atoms with Crippen LogP contribution >= 0.6 is 0 Å². The molecule has 31 heavy (non-hydrogen) atoms. The fraction of sp³-hybridized carbons (Fsp3) is 0.150. The van der Waals surface area contributed by atoms with E-state index in [0.717, 1.165) is 11.3 Å². The molecule has 0 fully saturated rings. The van der Waals surface area contributed by atoms with Gasteiger partial charge < -0.3 is 15.5 Å². The molecule has 11 heteroatoms. The van der Waals surface area contributed by atoms with Crippen LogP contribution in [-0.4, -0.2) is 43.4 Å². The van der Waals surface area contributed by atoms with Crippen molar-refractivity contribution in [1.29, 1.82) is 5.26 Å². The van der Waals surface area contributed by atoms with Crippen molar-refractivity contribution >= 4 is 27.4 Å². The highest BCUT2D eigenvalue weighted by Gasteiger charge is 2.19. The summed E-state index contributed by atoms with van der Waals surface area (Å²) in [6.45, 7) is 0.333. The first-order chi connectivity index (χ1) is 14.9. The molecule has 0 aliphatic heterocycles. The zero-order valence-electron chi connectivity index (χ0n) is 16.9. The minimum Gasteiger partial charge on any atom is -0.351 e. The Labute approximate surface area is 180 Å². The highest BCUT2D eigenvalue weighted by Crippen LogP contribution is 2.20. The average molecular weight is 437 g/mol. The van der Waals surface area contributed by atoms with E-state index in [4.69, 9.17) is 5.26 Å². The van der Waals surface area contributed by atoms with Crippen molar-refractivity contribution in [3.05, 3.63) is 66.7 Å². The van der Waals surface area contributed by atoms with Gasteiger partial charge in [0.1, 0.15) is 4.90 Å². The van der Waals surface area contributed by atoms with Gasteiger partial charge in [-0.05, 0) is 29.8 Å². The van der Waals surface area contributed by atoms with Gasteiger partial charge in [0.2, 0.25) is 27.9 Å². The number of benzene rings is 1. The SMILES string of the molecule is CN(C)c1ncc(S(=O)(=O)c2ccc(CN/C(=N\C#N)Nc3ccncc3)cc2)cn1. The van der Waals surface area contributed by atoms with E-state index >= 15 is 0 Å². The molecule has 0 radical (unpaired) electrons. The second-order valence-corrected chi connectivity index (χ2v) is 8.49. The third-order valence-electron chi connectivity index (χ3n) is 4.12. The molecule has 0 unspecified atom stereocenters. The zero-order chi connectivity index (χ0) is 22.3. The Hall–Kier alpha value is -4.04. The normalized spacial score (nSPS) is 11.5. The van der Waals surface area contributed by atoms with E-state index in [2.05, 4.69) is 30.6 Å². The average Bonchev–Trinajstić information content (AvgIpc) is 2.78. The van der Waals surface area contributed by atoms with Gasteiger partial charge in [-0.15, -0.1) is 4.99 Å². The zero-order valence-corrected chi connectivity index (χ0v) is 17.7. The number of nitrogens with one attached hydrogen (secondary N) is 2. The summed E-state index contributed by atoms with van der Waals surface area (Å²) < 4.78 is 25.6. The van der Waals surface area contributed by atoms with Crippen molar-refractivity contribution in [2.24, 2.45) is 4.99 Å². The maximum atomic E-state index is 12.8. The largest absolute Gasteiger partial charge is 0.351 e. The second kappa shape index (κ2) is 9.64. The Bertz CT molecular complexity index is 1190. The Morgan fingerprint density at radius 2 is 1.71 bits per heavy atom. The molecular weight excluding hydrogens is 416 g/mol. The number of nitriles is 1.